The number of hydrogen-bond donors (Lipinski definition) is 3. The van der Waals surface area contributed by atoms with Crippen molar-refractivity contribution in [1.29, 1.82) is 0 Å². The van der Waals surface area contributed by atoms with Crippen molar-refractivity contribution in [3.63, 3.8) is 0 Å². The zero-order chi connectivity index (χ0) is 11.1. The lowest BCUT2D eigenvalue weighted by molar-refractivity contribution is 0.0287. The van der Waals surface area contributed by atoms with E-state index < -0.39 is 0 Å². The quantitative estimate of drug-likeness (QED) is 0.207. The van der Waals surface area contributed by atoms with Gasteiger partial charge in [-0.15, -0.1) is 0 Å². The molecule has 5 nitrogen and oxygen atoms in total. The van der Waals surface area contributed by atoms with Crippen LogP contribution in [0.15, 0.2) is 5.16 Å². The Labute approximate surface area is 90.7 Å². The summed E-state index contributed by atoms with van der Waals surface area (Å²) in [5, 5.41) is 14.7. The highest BCUT2D eigenvalue weighted by Gasteiger charge is 2.26. The highest BCUT2D eigenvalue weighted by atomic mass is 16.5. The van der Waals surface area contributed by atoms with E-state index in [1.165, 1.54) is 0 Å². The van der Waals surface area contributed by atoms with Crippen LogP contribution >= 0.6 is 0 Å². The van der Waals surface area contributed by atoms with Gasteiger partial charge in [0.2, 0.25) is 0 Å². The average Bonchev–Trinajstić information content (AvgIpc) is 2.25. The van der Waals surface area contributed by atoms with Gasteiger partial charge in [0.25, 0.3) is 0 Å². The molecule has 1 aliphatic heterocycles. The molecule has 1 unspecified atom stereocenters. The summed E-state index contributed by atoms with van der Waals surface area (Å²) < 4.78 is 5.43. The third kappa shape index (κ3) is 4.48. The predicted molar refractivity (Wildman–Crippen MR) is 59.1 cm³/mol. The van der Waals surface area contributed by atoms with Crippen molar-refractivity contribution in [3.8, 4) is 0 Å². The first-order valence-corrected chi connectivity index (χ1v) is 5.45. The van der Waals surface area contributed by atoms with Crippen LogP contribution in [0.2, 0.25) is 0 Å². The van der Waals surface area contributed by atoms with Crippen molar-refractivity contribution < 1.29 is 9.94 Å². The number of rotatable bonds is 5. The number of oxime groups is 1. The summed E-state index contributed by atoms with van der Waals surface area (Å²) in [7, 11) is 0. The summed E-state index contributed by atoms with van der Waals surface area (Å²) in [5.74, 6) is 0.293. The molecule has 1 aliphatic rings. The molecule has 0 radical (unpaired) electrons. The molecule has 88 valence electrons. The van der Waals surface area contributed by atoms with Crippen LogP contribution in [0, 0.1) is 0 Å². The minimum absolute atomic E-state index is 0.101. The molecule has 1 fully saturated rings. The molecule has 0 aromatic carbocycles. The van der Waals surface area contributed by atoms with E-state index in [-0.39, 0.29) is 5.54 Å². The Kier molecular flexibility index (Phi) is 4.84. The van der Waals surface area contributed by atoms with Gasteiger partial charge in [-0.2, -0.15) is 0 Å². The van der Waals surface area contributed by atoms with Crippen LogP contribution in [0.25, 0.3) is 0 Å². The van der Waals surface area contributed by atoms with Gasteiger partial charge in [-0.25, -0.2) is 0 Å². The van der Waals surface area contributed by atoms with E-state index in [0.717, 1.165) is 39.0 Å². The van der Waals surface area contributed by atoms with Crippen molar-refractivity contribution in [2.75, 3.05) is 19.8 Å². The fourth-order valence-corrected chi connectivity index (χ4v) is 1.78. The maximum Gasteiger partial charge on any atom is 0.139 e. The van der Waals surface area contributed by atoms with Gasteiger partial charge >= 0.3 is 0 Å². The number of amidine groups is 1. The Morgan fingerprint density at radius 1 is 1.67 bits per heavy atom. The second-order valence-electron chi connectivity index (χ2n) is 4.34. The number of nitrogens with one attached hydrogen (secondary N) is 1. The van der Waals surface area contributed by atoms with E-state index >= 15 is 0 Å². The first-order chi connectivity index (χ1) is 7.16. The topological polar surface area (TPSA) is 79.9 Å². The molecule has 0 aliphatic carbocycles. The van der Waals surface area contributed by atoms with Gasteiger partial charge in [0.1, 0.15) is 5.84 Å². The highest BCUT2D eigenvalue weighted by Crippen LogP contribution is 2.17. The van der Waals surface area contributed by atoms with E-state index in [1.54, 1.807) is 0 Å². The molecule has 0 aromatic rings. The fraction of sp³-hybridized carbons (Fsp3) is 0.900. The molecule has 0 amide bonds. The Balaban J connectivity index is 2.13. The summed E-state index contributed by atoms with van der Waals surface area (Å²) in [6, 6.07) is 0. The van der Waals surface area contributed by atoms with Crippen LogP contribution in [-0.2, 0) is 4.74 Å². The summed E-state index contributed by atoms with van der Waals surface area (Å²) in [6.45, 7) is 4.70. The van der Waals surface area contributed by atoms with Gasteiger partial charge < -0.3 is 21.0 Å². The van der Waals surface area contributed by atoms with Crippen LogP contribution in [0.1, 0.15) is 32.6 Å². The largest absolute Gasteiger partial charge is 0.409 e. The molecular formula is C10H21N3O2. The Hall–Kier alpha value is -0.810. The van der Waals surface area contributed by atoms with Gasteiger partial charge in [0.15, 0.2) is 0 Å². The number of nitrogens with zero attached hydrogens (tertiary/aromatic N) is 1. The van der Waals surface area contributed by atoms with Gasteiger partial charge in [-0.1, -0.05) is 5.16 Å². The van der Waals surface area contributed by atoms with Gasteiger partial charge in [-0.3, -0.25) is 0 Å². The molecule has 5 heteroatoms. The summed E-state index contributed by atoms with van der Waals surface area (Å²) >= 11 is 0. The Bertz CT molecular complexity index is 213. The molecule has 1 rings (SSSR count). The fourth-order valence-electron chi connectivity index (χ4n) is 1.78. The molecule has 0 saturated carbocycles. The predicted octanol–water partition coefficient (Wildman–Crippen LogP) is 0.672. The first-order valence-electron chi connectivity index (χ1n) is 5.45. The van der Waals surface area contributed by atoms with E-state index in [1.807, 2.05) is 0 Å². The standard InChI is InChI=1S/C10H21N3O2/c1-10(5-3-7-15-8-10)12-6-2-4-9(11)13-14/h12,14H,2-8H2,1H3,(H2,11,13). The monoisotopic (exact) mass is 215 g/mol. The minimum atomic E-state index is 0.101. The van der Waals surface area contributed by atoms with Crippen LogP contribution in [0.4, 0.5) is 0 Å². The summed E-state index contributed by atoms with van der Waals surface area (Å²) in [6.07, 6.45) is 3.77. The lowest BCUT2D eigenvalue weighted by Crippen LogP contribution is -2.49. The first kappa shape index (κ1) is 12.3. The zero-order valence-corrected chi connectivity index (χ0v) is 9.33. The third-order valence-electron chi connectivity index (χ3n) is 2.73. The van der Waals surface area contributed by atoms with Crippen molar-refractivity contribution >= 4 is 5.84 Å². The van der Waals surface area contributed by atoms with Crippen LogP contribution in [0.5, 0.6) is 0 Å². The lowest BCUT2D eigenvalue weighted by atomic mass is 9.95. The van der Waals surface area contributed by atoms with E-state index in [9.17, 15) is 0 Å². The second kappa shape index (κ2) is 5.92. The molecule has 0 spiro atoms. The van der Waals surface area contributed by atoms with Crippen LogP contribution in [-0.4, -0.2) is 36.3 Å². The minimum Gasteiger partial charge on any atom is -0.409 e. The zero-order valence-electron chi connectivity index (χ0n) is 9.33. The molecule has 1 saturated heterocycles. The van der Waals surface area contributed by atoms with Crippen molar-refractivity contribution in [2.45, 2.75) is 38.1 Å². The molecular weight excluding hydrogens is 194 g/mol. The van der Waals surface area contributed by atoms with Gasteiger partial charge in [-0.05, 0) is 32.7 Å². The van der Waals surface area contributed by atoms with Crippen molar-refractivity contribution in [3.05, 3.63) is 0 Å². The highest BCUT2D eigenvalue weighted by molar-refractivity contribution is 5.79. The SMILES string of the molecule is CC1(NCCCC(N)=NO)CCCOC1. The Morgan fingerprint density at radius 2 is 2.47 bits per heavy atom. The van der Waals surface area contributed by atoms with Gasteiger partial charge in [0.05, 0.1) is 6.61 Å². The molecule has 1 atom stereocenters. The molecule has 4 N–H and O–H groups in total. The number of hydrogen-bond acceptors (Lipinski definition) is 4. The molecule has 0 aromatic heterocycles. The smallest absolute Gasteiger partial charge is 0.139 e. The van der Waals surface area contributed by atoms with Crippen LogP contribution < -0.4 is 11.1 Å². The Morgan fingerprint density at radius 3 is 3.07 bits per heavy atom. The molecule has 15 heavy (non-hydrogen) atoms. The maximum atomic E-state index is 8.36. The van der Waals surface area contributed by atoms with E-state index in [2.05, 4.69) is 17.4 Å². The average molecular weight is 215 g/mol. The number of ether oxygens (including phenoxy) is 1. The summed E-state index contributed by atoms with van der Waals surface area (Å²) in [4.78, 5) is 0. The second-order valence-corrected chi connectivity index (χ2v) is 4.34. The maximum absolute atomic E-state index is 8.36. The molecule has 0 bridgehead atoms. The number of nitrogens with two attached hydrogens (primary N) is 1. The molecule has 1 heterocycles. The van der Waals surface area contributed by atoms with E-state index in [0.29, 0.717) is 12.3 Å². The lowest BCUT2D eigenvalue weighted by Gasteiger charge is -2.34. The normalized spacial score (nSPS) is 27.9. The van der Waals surface area contributed by atoms with Crippen molar-refractivity contribution in [1.82, 2.24) is 5.32 Å². The third-order valence-corrected chi connectivity index (χ3v) is 2.73. The van der Waals surface area contributed by atoms with Crippen molar-refractivity contribution in [2.24, 2.45) is 10.9 Å². The summed E-state index contributed by atoms with van der Waals surface area (Å²) in [5.41, 5.74) is 5.47. The van der Waals surface area contributed by atoms with Gasteiger partial charge in [0, 0.05) is 18.6 Å². The van der Waals surface area contributed by atoms with E-state index in [4.69, 9.17) is 15.7 Å². The van der Waals surface area contributed by atoms with Crippen LogP contribution in [0.3, 0.4) is 0 Å².